The van der Waals surface area contributed by atoms with Gasteiger partial charge in [0.2, 0.25) is 0 Å². The van der Waals surface area contributed by atoms with Crippen molar-refractivity contribution in [1.29, 1.82) is 0 Å². The van der Waals surface area contributed by atoms with Gasteiger partial charge in [-0.05, 0) is 50.4 Å². The Morgan fingerprint density at radius 1 is 1.22 bits per heavy atom. The lowest BCUT2D eigenvalue weighted by Gasteiger charge is -2.25. The summed E-state index contributed by atoms with van der Waals surface area (Å²) in [5, 5.41) is 12.3. The van der Waals surface area contributed by atoms with Gasteiger partial charge in [0.25, 0.3) is 0 Å². The van der Waals surface area contributed by atoms with E-state index in [0.717, 1.165) is 13.1 Å². The van der Waals surface area contributed by atoms with Gasteiger partial charge in [-0.1, -0.05) is 18.2 Å². The molecule has 0 saturated carbocycles. The van der Waals surface area contributed by atoms with E-state index in [-0.39, 0.29) is 6.61 Å². The van der Waals surface area contributed by atoms with E-state index in [0.29, 0.717) is 6.04 Å². The Morgan fingerprint density at radius 3 is 2.61 bits per heavy atom. The molecule has 1 fully saturated rings. The number of fused-ring (bicyclic) bond motifs is 1. The molecule has 3 heteroatoms. The van der Waals surface area contributed by atoms with Gasteiger partial charge in [0.15, 0.2) is 0 Å². The second-order valence-electron chi connectivity index (χ2n) is 4.58. The van der Waals surface area contributed by atoms with Crippen LogP contribution in [0.4, 0.5) is 0 Å². The second-order valence-corrected chi connectivity index (χ2v) is 4.58. The summed E-state index contributed by atoms with van der Waals surface area (Å²) in [6, 6.07) is 11.5. The Kier molecular flexibility index (Phi) is 4.79. The third-order valence-corrected chi connectivity index (χ3v) is 3.33. The van der Waals surface area contributed by atoms with Gasteiger partial charge in [-0.25, -0.2) is 0 Å². The highest BCUT2D eigenvalue weighted by Gasteiger charge is 2.15. The highest BCUT2D eigenvalue weighted by atomic mass is 16.2. The number of para-hydroxylation sites is 1. The standard InChI is InChI=1S/C13H16N2.C2H6O/c1-2-4-13-11(3-1)7-10-15(13)12-5-8-14-9-6-12;1-2-3/h1-4,7,10,12,14H,5-6,8-9H2;3H,2H2,1H3. The van der Waals surface area contributed by atoms with Gasteiger partial charge < -0.3 is 15.0 Å². The summed E-state index contributed by atoms with van der Waals surface area (Å²) in [5.41, 5.74) is 1.38. The van der Waals surface area contributed by atoms with Crippen molar-refractivity contribution in [1.82, 2.24) is 9.88 Å². The first kappa shape index (κ1) is 13.1. The number of piperidine rings is 1. The normalized spacial score (nSPS) is 16.3. The molecule has 1 saturated heterocycles. The maximum Gasteiger partial charge on any atom is 0.0482 e. The summed E-state index contributed by atoms with van der Waals surface area (Å²) in [6.07, 6.45) is 4.73. The Morgan fingerprint density at radius 2 is 1.89 bits per heavy atom. The molecular weight excluding hydrogens is 224 g/mol. The Hall–Kier alpha value is -1.32. The van der Waals surface area contributed by atoms with Gasteiger partial charge in [0.1, 0.15) is 0 Å². The number of nitrogens with zero attached hydrogens (tertiary/aromatic N) is 1. The number of hydrogen-bond acceptors (Lipinski definition) is 2. The lowest BCUT2D eigenvalue weighted by Crippen LogP contribution is -2.29. The number of aliphatic hydroxyl groups is 1. The molecule has 1 aliphatic heterocycles. The fraction of sp³-hybridized carbons (Fsp3) is 0.467. The zero-order valence-electron chi connectivity index (χ0n) is 11.0. The van der Waals surface area contributed by atoms with Crippen molar-refractivity contribution in [2.24, 2.45) is 0 Å². The van der Waals surface area contributed by atoms with E-state index in [9.17, 15) is 0 Å². The highest BCUT2D eigenvalue weighted by molar-refractivity contribution is 5.80. The summed E-state index contributed by atoms with van der Waals surface area (Å²) in [4.78, 5) is 0. The first-order valence-corrected chi connectivity index (χ1v) is 6.74. The van der Waals surface area contributed by atoms with Crippen molar-refractivity contribution in [3.8, 4) is 0 Å². The number of benzene rings is 1. The molecule has 0 unspecified atom stereocenters. The molecule has 3 rings (SSSR count). The van der Waals surface area contributed by atoms with Crippen LogP contribution in [0, 0.1) is 0 Å². The van der Waals surface area contributed by atoms with Gasteiger partial charge in [-0.2, -0.15) is 0 Å². The summed E-state index contributed by atoms with van der Waals surface area (Å²) >= 11 is 0. The van der Waals surface area contributed by atoms with E-state index in [1.165, 1.54) is 23.7 Å². The van der Waals surface area contributed by atoms with Crippen LogP contribution in [0.15, 0.2) is 36.5 Å². The predicted octanol–water partition coefficient (Wildman–Crippen LogP) is 2.56. The number of aromatic nitrogens is 1. The summed E-state index contributed by atoms with van der Waals surface area (Å²) < 4.78 is 2.44. The van der Waals surface area contributed by atoms with Crippen LogP contribution < -0.4 is 5.32 Å². The molecule has 3 nitrogen and oxygen atoms in total. The van der Waals surface area contributed by atoms with Crippen LogP contribution in [0.5, 0.6) is 0 Å². The van der Waals surface area contributed by atoms with E-state index in [1.807, 2.05) is 0 Å². The van der Waals surface area contributed by atoms with Crippen molar-refractivity contribution in [3.63, 3.8) is 0 Å². The molecular formula is C15H22N2O. The van der Waals surface area contributed by atoms with E-state index in [2.05, 4.69) is 46.4 Å². The number of rotatable bonds is 1. The van der Waals surface area contributed by atoms with Gasteiger partial charge in [0.05, 0.1) is 0 Å². The average Bonchev–Trinajstić information content (AvgIpc) is 2.84. The molecule has 0 spiro atoms. The predicted molar refractivity (Wildman–Crippen MR) is 75.8 cm³/mol. The van der Waals surface area contributed by atoms with Crippen LogP contribution in [0.25, 0.3) is 10.9 Å². The minimum absolute atomic E-state index is 0.250. The molecule has 2 heterocycles. The van der Waals surface area contributed by atoms with Gasteiger partial charge in [-0.3, -0.25) is 0 Å². The van der Waals surface area contributed by atoms with E-state index in [4.69, 9.17) is 5.11 Å². The molecule has 1 aliphatic rings. The summed E-state index contributed by atoms with van der Waals surface area (Å²) in [7, 11) is 0. The zero-order chi connectivity index (χ0) is 12.8. The van der Waals surface area contributed by atoms with Crippen LogP contribution in [-0.4, -0.2) is 29.4 Å². The molecule has 0 aliphatic carbocycles. The molecule has 2 N–H and O–H groups in total. The maximum atomic E-state index is 7.57. The van der Waals surface area contributed by atoms with Crippen LogP contribution >= 0.6 is 0 Å². The molecule has 18 heavy (non-hydrogen) atoms. The van der Waals surface area contributed by atoms with Gasteiger partial charge in [0, 0.05) is 24.4 Å². The topological polar surface area (TPSA) is 37.2 Å². The maximum absolute atomic E-state index is 7.57. The Balaban J connectivity index is 0.000000367. The van der Waals surface area contributed by atoms with Crippen molar-refractivity contribution >= 4 is 10.9 Å². The molecule has 0 bridgehead atoms. The quantitative estimate of drug-likeness (QED) is 0.811. The Bertz CT molecular complexity index is 472. The number of aliphatic hydroxyl groups excluding tert-OH is 1. The third-order valence-electron chi connectivity index (χ3n) is 3.33. The average molecular weight is 246 g/mol. The largest absolute Gasteiger partial charge is 0.397 e. The van der Waals surface area contributed by atoms with Gasteiger partial charge in [-0.15, -0.1) is 0 Å². The highest BCUT2D eigenvalue weighted by Crippen LogP contribution is 2.25. The van der Waals surface area contributed by atoms with Crippen LogP contribution in [-0.2, 0) is 0 Å². The minimum atomic E-state index is 0.250. The smallest absolute Gasteiger partial charge is 0.0482 e. The summed E-state index contributed by atoms with van der Waals surface area (Å²) in [5.74, 6) is 0. The lowest BCUT2D eigenvalue weighted by atomic mass is 10.1. The number of hydrogen-bond donors (Lipinski definition) is 2. The van der Waals surface area contributed by atoms with Crippen molar-refractivity contribution in [3.05, 3.63) is 36.5 Å². The Labute approximate surface area is 108 Å². The fourth-order valence-corrected chi connectivity index (χ4v) is 2.51. The van der Waals surface area contributed by atoms with E-state index in [1.54, 1.807) is 6.92 Å². The van der Waals surface area contributed by atoms with Crippen molar-refractivity contribution < 1.29 is 5.11 Å². The zero-order valence-corrected chi connectivity index (χ0v) is 11.0. The van der Waals surface area contributed by atoms with Crippen LogP contribution in [0.1, 0.15) is 25.8 Å². The van der Waals surface area contributed by atoms with E-state index < -0.39 is 0 Å². The van der Waals surface area contributed by atoms with Crippen molar-refractivity contribution in [2.75, 3.05) is 19.7 Å². The SMILES string of the molecule is CCO.c1ccc2c(c1)ccn2C1CCNCC1. The van der Waals surface area contributed by atoms with Crippen LogP contribution in [0.3, 0.4) is 0 Å². The molecule has 0 atom stereocenters. The first-order valence-electron chi connectivity index (χ1n) is 6.74. The van der Waals surface area contributed by atoms with Crippen molar-refractivity contribution in [2.45, 2.75) is 25.8 Å². The molecule has 2 aromatic rings. The molecule has 0 amide bonds. The second kappa shape index (κ2) is 6.57. The molecule has 1 aromatic carbocycles. The molecule has 98 valence electrons. The fourth-order valence-electron chi connectivity index (χ4n) is 2.51. The monoisotopic (exact) mass is 246 g/mol. The molecule has 0 radical (unpaired) electrons. The summed E-state index contributed by atoms with van der Waals surface area (Å²) in [6.45, 7) is 4.23. The lowest BCUT2D eigenvalue weighted by molar-refractivity contribution is 0.318. The van der Waals surface area contributed by atoms with E-state index >= 15 is 0 Å². The van der Waals surface area contributed by atoms with Gasteiger partial charge >= 0.3 is 0 Å². The minimum Gasteiger partial charge on any atom is -0.397 e. The first-order chi connectivity index (χ1) is 8.86. The molecule has 1 aromatic heterocycles. The number of nitrogens with one attached hydrogen (secondary N) is 1. The van der Waals surface area contributed by atoms with Crippen LogP contribution in [0.2, 0.25) is 0 Å². The third kappa shape index (κ3) is 2.92.